The summed E-state index contributed by atoms with van der Waals surface area (Å²) in [6.45, 7) is 1.69. The monoisotopic (exact) mass is 286 g/mol. The number of aryl methyl sites for hydroxylation is 1. The summed E-state index contributed by atoms with van der Waals surface area (Å²) < 4.78 is 27.9. The van der Waals surface area contributed by atoms with Crippen molar-refractivity contribution in [1.82, 2.24) is 4.98 Å². The summed E-state index contributed by atoms with van der Waals surface area (Å²) in [5, 5.41) is 0.626. The van der Waals surface area contributed by atoms with Crippen LogP contribution in [0.4, 0.5) is 14.5 Å². The van der Waals surface area contributed by atoms with Gasteiger partial charge in [-0.15, -0.1) is 0 Å². The maximum absolute atomic E-state index is 14.0. The number of rotatable bonds is 2. The number of ketones is 1. The van der Waals surface area contributed by atoms with Crippen LogP contribution >= 0.6 is 0 Å². The molecule has 106 valence electrons. The van der Waals surface area contributed by atoms with Gasteiger partial charge in [-0.3, -0.25) is 4.79 Å². The Morgan fingerprint density at radius 3 is 2.57 bits per heavy atom. The molecule has 1 heterocycles. The van der Waals surface area contributed by atoms with Gasteiger partial charge in [0, 0.05) is 16.6 Å². The Kier molecular flexibility index (Phi) is 2.97. The van der Waals surface area contributed by atoms with Crippen LogP contribution in [0.2, 0.25) is 0 Å². The van der Waals surface area contributed by atoms with Gasteiger partial charge in [0.25, 0.3) is 0 Å². The number of hydrogen-bond donors (Lipinski definition) is 2. The minimum Gasteiger partial charge on any atom is -0.396 e. The first-order chi connectivity index (χ1) is 10.0. The third-order valence-electron chi connectivity index (χ3n) is 3.47. The third kappa shape index (κ3) is 1.98. The summed E-state index contributed by atoms with van der Waals surface area (Å²) in [6, 6.07) is 9.20. The fraction of sp³-hybridized carbons (Fsp3) is 0.0625. The smallest absolute Gasteiger partial charge is 0.201 e. The Hall–Kier alpha value is -2.69. The van der Waals surface area contributed by atoms with Gasteiger partial charge in [0.1, 0.15) is 5.82 Å². The fourth-order valence-electron chi connectivity index (χ4n) is 2.47. The molecule has 0 fully saturated rings. The number of hydrogen-bond acceptors (Lipinski definition) is 2. The van der Waals surface area contributed by atoms with Crippen molar-refractivity contribution in [2.24, 2.45) is 0 Å². The molecule has 0 saturated heterocycles. The van der Waals surface area contributed by atoms with E-state index in [1.165, 1.54) is 0 Å². The summed E-state index contributed by atoms with van der Waals surface area (Å²) in [5.41, 5.74) is 6.11. The largest absolute Gasteiger partial charge is 0.396 e. The zero-order valence-electron chi connectivity index (χ0n) is 11.2. The van der Waals surface area contributed by atoms with E-state index in [1.54, 1.807) is 25.1 Å². The number of benzene rings is 2. The number of anilines is 1. The first-order valence-electron chi connectivity index (χ1n) is 6.36. The van der Waals surface area contributed by atoms with E-state index >= 15 is 0 Å². The number of aromatic amines is 1. The molecular weight excluding hydrogens is 274 g/mol. The molecule has 0 radical (unpaired) electrons. The first-order valence-corrected chi connectivity index (χ1v) is 6.36. The Labute approximate surface area is 119 Å². The van der Waals surface area contributed by atoms with Crippen LogP contribution in [0, 0.1) is 18.6 Å². The zero-order chi connectivity index (χ0) is 15.1. The van der Waals surface area contributed by atoms with Crippen LogP contribution in [0.25, 0.3) is 10.9 Å². The Bertz CT molecular complexity index is 868. The normalized spacial score (nSPS) is 11.0. The lowest BCUT2D eigenvalue weighted by Crippen LogP contribution is -2.10. The molecule has 1 aromatic heterocycles. The molecule has 21 heavy (non-hydrogen) atoms. The molecule has 5 heteroatoms. The number of nitrogens with one attached hydrogen (secondary N) is 1. The predicted octanol–water partition coefficient (Wildman–Crippen LogP) is 3.57. The van der Waals surface area contributed by atoms with Crippen LogP contribution in [0.1, 0.15) is 21.6 Å². The summed E-state index contributed by atoms with van der Waals surface area (Å²) in [7, 11) is 0. The maximum Gasteiger partial charge on any atom is 0.201 e. The number of halogens is 2. The van der Waals surface area contributed by atoms with E-state index in [0.717, 1.165) is 17.6 Å². The second kappa shape index (κ2) is 4.70. The van der Waals surface area contributed by atoms with Crippen LogP contribution in [-0.2, 0) is 0 Å². The van der Waals surface area contributed by atoms with Crippen molar-refractivity contribution >= 4 is 22.4 Å². The molecule has 0 spiro atoms. The van der Waals surface area contributed by atoms with Gasteiger partial charge in [-0.2, -0.15) is 0 Å². The molecule has 2 aromatic carbocycles. The second-order valence-electron chi connectivity index (χ2n) is 4.83. The molecule has 0 aliphatic heterocycles. The lowest BCUT2D eigenvalue weighted by atomic mass is 9.99. The summed E-state index contributed by atoms with van der Waals surface area (Å²) in [5.74, 6) is -2.66. The minimum atomic E-state index is -1.02. The Morgan fingerprint density at radius 2 is 1.81 bits per heavy atom. The van der Waals surface area contributed by atoms with E-state index in [1.807, 2.05) is 6.07 Å². The highest BCUT2D eigenvalue weighted by Gasteiger charge is 2.24. The molecule has 3 aromatic rings. The van der Waals surface area contributed by atoms with Crippen molar-refractivity contribution in [3.8, 4) is 0 Å². The lowest BCUT2D eigenvalue weighted by molar-refractivity contribution is 0.103. The van der Waals surface area contributed by atoms with E-state index < -0.39 is 23.0 Å². The van der Waals surface area contributed by atoms with Gasteiger partial charge in [-0.05, 0) is 25.1 Å². The van der Waals surface area contributed by atoms with E-state index in [4.69, 9.17) is 5.73 Å². The summed E-state index contributed by atoms with van der Waals surface area (Å²) in [4.78, 5) is 15.6. The fourth-order valence-corrected chi connectivity index (χ4v) is 2.47. The van der Waals surface area contributed by atoms with Crippen molar-refractivity contribution < 1.29 is 13.6 Å². The average Bonchev–Trinajstić information content (AvgIpc) is 2.79. The number of nitrogens with two attached hydrogens (primary N) is 1. The maximum atomic E-state index is 14.0. The van der Waals surface area contributed by atoms with Crippen LogP contribution in [0.3, 0.4) is 0 Å². The molecule has 0 unspecified atom stereocenters. The van der Waals surface area contributed by atoms with Crippen LogP contribution < -0.4 is 5.73 Å². The van der Waals surface area contributed by atoms with E-state index in [2.05, 4.69) is 4.98 Å². The van der Waals surface area contributed by atoms with Crippen LogP contribution in [-0.4, -0.2) is 10.8 Å². The number of carbonyl (C=O) groups is 1. The highest BCUT2D eigenvalue weighted by atomic mass is 19.1. The van der Waals surface area contributed by atoms with Gasteiger partial charge in [0.2, 0.25) is 5.78 Å². The molecule has 3 nitrogen and oxygen atoms in total. The van der Waals surface area contributed by atoms with Crippen molar-refractivity contribution in [2.75, 3.05) is 5.73 Å². The van der Waals surface area contributed by atoms with Gasteiger partial charge in [-0.1, -0.05) is 18.2 Å². The Morgan fingerprint density at radius 1 is 1.10 bits per heavy atom. The summed E-state index contributed by atoms with van der Waals surface area (Å²) in [6.07, 6.45) is 0. The number of carbonyl (C=O) groups excluding carboxylic acids is 1. The lowest BCUT2D eigenvalue weighted by Gasteiger charge is -2.06. The number of fused-ring (bicyclic) bond motifs is 1. The molecule has 0 saturated carbocycles. The first kappa shape index (κ1) is 13.3. The van der Waals surface area contributed by atoms with E-state index in [9.17, 15) is 13.6 Å². The second-order valence-corrected chi connectivity index (χ2v) is 4.83. The van der Waals surface area contributed by atoms with Crippen molar-refractivity contribution in [1.29, 1.82) is 0 Å². The van der Waals surface area contributed by atoms with Gasteiger partial charge in [-0.25, -0.2) is 8.78 Å². The van der Waals surface area contributed by atoms with Crippen molar-refractivity contribution in [3.63, 3.8) is 0 Å². The number of aromatic nitrogens is 1. The van der Waals surface area contributed by atoms with E-state index in [-0.39, 0.29) is 11.3 Å². The molecule has 3 rings (SSSR count). The number of H-pyrrole nitrogens is 1. The standard InChI is InChI=1S/C16H12F2N2O/c1-8-13(9-4-2-3-5-12(9)20-8)16(21)14-10(17)6-7-11(19)15(14)18/h2-7,20H,19H2,1H3. The van der Waals surface area contributed by atoms with Gasteiger partial charge in [0.05, 0.1) is 16.8 Å². The molecule has 3 N–H and O–H groups in total. The zero-order valence-corrected chi connectivity index (χ0v) is 11.2. The van der Waals surface area contributed by atoms with Gasteiger partial charge < -0.3 is 10.7 Å². The van der Waals surface area contributed by atoms with Crippen molar-refractivity contribution in [2.45, 2.75) is 6.92 Å². The topological polar surface area (TPSA) is 58.9 Å². The highest BCUT2D eigenvalue weighted by molar-refractivity contribution is 6.17. The molecule has 0 amide bonds. The molecule has 0 atom stereocenters. The highest BCUT2D eigenvalue weighted by Crippen LogP contribution is 2.28. The predicted molar refractivity (Wildman–Crippen MR) is 77.2 cm³/mol. The quantitative estimate of drug-likeness (QED) is 0.559. The molecule has 0 bridgehead atoms. The third-order valence-corrected chi connectivity index (χ3v) is 3.47. The van der Waals surface area contributed by atoms with Gasteiger partial charge >= 0.3 is 0 Å². The van der Waals surface area contributed by atoms with Crippen LogP contribution in [0.5, 0.6) is 0 Å². The molecule has 0 aliphatic rings. The Balaban J connectivity index is 2.27. The summed E-state index contributed by atoms with van der Waals surface area (Å²) >= 11 is 0. The molecular formula is C16H12F2N2O. The number of para-hydroxylation sites is 1. The van der Waals surface area contributed by atoms with Crippen molar-refractivity contribution in [3.05, 3.63) is 64.9 Å². The minimum absolute atomic E-state index is 0.253. The van der Waals surface area contributed by atoms with E-state index in [0.29, 0.717) is 11.1 Å². The number of nitrogen functional groups attached to an aromatic ring is 1. The average molecular weight is 286 g/mol. The van der Waals surface area contributed by atoms with Crippen LogP contribution in [0.15, 0.2) is 36.4 Å². The molecule has 0 aliphatic carbocycles. The van der Waals surface area contributed by atoms with Gasteiger partial charge in [0.15, 0.2) is 5.82 Å². The SMILES string of the molecule is Cc1[nH]c2ccccc2c1C(=O)c1c(F)ccc(N)c1F.